The lowest BCUT2D eigenvalue weighted by Gasteiger charge is -2.22. The third-order valence-corrected chi connectivity index (χ3v) is 5.39. The molecule has 0 radical (unpaired) electrons. The Hall–Kier alpha value is 0.0700. The first-order valence-corrected chi connectivity index (χ1v) is 8.04. The van der Waals surface area contributed by atoms with Crippen LogP contribution < -0.4 is 4.72 Å². The zero-order valence-electron chi connectivity index (χ0n) is 9.52. The molecule has 6 nitrogen and oxygen atoms in total. The molecule has 1 fully saturated rings. The minimum Gasteiger partial charge on any atom is -0.468 e. The second-order valence-corrected chi connectivity index (χ2v) is 7.24. The average molecular weight is 377 g/mol. The minimum absolute atomic E-state index is 0.0624. The van der Waals surface area contributed by atoms with Gasteiger partial charge in [-0.2, -0.15) is 0 Å². The molecular formula is C9H16INO5S. The first-order valence-electron chi connectivity index (χ1n) is 5.25. The van der Waals surface area contributed by atoms with E-state index in [1.807, 2.05) is 22.6 Å². The van der Waals surface area contributed by atoms with Crippen LogP contribution in [0.15, 0.2) is 0 Å². The van der Waals surface area contributed by atoms with Crippen LogP contribution in [-0.4, -0.2) is 50.4 Å². The fourth-order valence-corrected chi connectivity index (χ4v) is 3.73. The van der Waals surface area contributed by atoms with E-state index < -0.39 is 25.2 Å². The first-order chi connectivity index (χ1) is 7.97. The maximum absolute atomic E-state index is 11.9. The summed E-state index contributed by atoms with van der Waals surface area (Å²) in [5.41, 5.74) is 0. The van der Waals surface area contributed by atoms with E-state index in [2.05, 4.69) is 9.46 Å². The van der Waals surface area contributed by atoms with Crippen LogP contribution in [0.2, 0.25) is 0 Å². The van der Waals surface area contributed by atoms with Gasteiger partial charge in [-0.1, -0.05) is 22.6 Å². The quantitative estimate of drug-likeness (QED) is 0.416. The Morgan fingerprint density at radius 3 is 2.65 bits per heavy atom. The predicted octanol–water partition coefficient (Wildman–Crippen LogP) is 0.0614. The van der Waals surface area contributed by atoms with Gasteiger partial charge >= 0.3 is 5.97 Å². The number of rotatable bonds is 5. The summed E-state index contributed by atoms with van der Waals surface area (Å²) in [5, 5.41) is -0.419. The maximum Gasteiger partial charge on any atom is 0.319 e. The average Bonchev–Trinajstić information content (AvgIpc) is 2.36. The van der Waals surface area contributed by atoms with Crippen LogP contribution in [0.5, 0.6) is 0 Å². The van der Waals surface area contributed by atoms with E-state index in [1.54, 1.807) is 0 Å². The number of nitrogens with one attached hydrogen (secondary N) is 1. The molecule has 8 heteroatoms. The maximum atomic E-state index is 11.9. The highest BCUT2D eigenvalue weighted by Crippen LogP contribution is 2.15. The van der Waals surface area contributed by atoms with Crippen molar-refractivity contribution in [1.82, 2.24) is 4.72 Å². The van der Waals surface area contributed by atoms with Gasteiger partial charge in [-0.05, 0) is 12.8 Å². The standard InChI is InChI=1S/C9H16INO5S/c1-15-9(12)8(10)6-11-17(13,14)7-2-4-16-5-3-7/h7-8,11H,2-6H2,1H3. The summed E-state index contributed by atoms with van der Waals surface area (Å²) >= 11 is 1.85. The summed E-state index contributed by atoms with van der Waals surface area (Å²) in [6.45, 7) is 0.999. The predicted molar refractivity (Wildman–Crippen MR) is 70.6 cm³/mol. The van der Waals surface area contributed by atoms with Crippen molar-refractivity contribution >= 4 is 38.6 Å². The van der Waals surface area contributed by atoms with Crippen LogP contribution in [0.3, 0.4) is 0 Å². The van der Waals surface area contributed by atoms with Gasteiger partial charge in [-0.15, -0.1) is 0 Å². The number of ether oxygens (including phenoxy) is 2. The van der Waals surface area contributed by atoms with Crippen LogP contribution in [0.4, 0.5) is 0 Å². The molecule has 1 atom stereocenters. The zero-order valence-corrected chi connectivity index (χ0v) is 12.5. The number of carbonyl (C=O) groups is 1. The van der Waals surface area contributed by atoms with Gasteiger partial charge in [0.1, 0.15) is 3.92 Å². The molecule has 0 bridgehead atoms. The van der Waals surface area contributed by atoms with Gasteiger partial charge in [0.15, 0.2) is 0 Å². The van der Waals surface area contributed by atoms with E-state index in [4.69, 9.17) is 4.74 Å². The van der Waals surface area contributed by atoms with Crippen LogP contribution in [0, 0.1) is 0 Å². The summed E-state index contributed by atoms with van der Waals surface area (Å²) < 4.78 is 35.3. The van der Waals surface area contributed by atoms with Crippen molar-refractivity contribution in [3.8, 4) is 0 Å². The third-order valence-electron chi connectivity index (χ3n) is 2.53. The molecule has 0 aromatic carbocycles. The summed E-state index contributed by atoms with van der Waals surface area (Å²) in [6, 6.07) is 0. The van der Waals surface area contributed by atoms with Crippen LogP contribution in [-0.2, 0) is 24.3 Å². The molecule has 1 aliphatic rings. The Bertz CT molecular complexity index is 352. The lowest BCUT2D eigenvalue weighted by Crippen LogP contribution is -2.41. The summed E-state index contributed by atoms with van der Waals surface area (Å²) in [4.78, 5) is 11.1. The number of alkyl halides is 1. The lowest BCUT2D eigenvalue weighted by atomic mass is 10.2. The molecule has 1 heterocycles. The number of carbonyl (C=O) groups excluding carboxylic acids is 1. The van der Waals surface area contributed by atoms with Crippen molar-refractivity contribution in [3.63, 3.8) is 0 Å². The number of halogens is 1. The van der Waals surface area contributed by atoms with E-state index >= 15 is 0 Å². The molecule has 1 unspecified atom stereocenters. The van der Waals surface area contributed by atoms with E-state index in [-0.39, 0.29) is 6.54 Å². The number of hydrogen-bond acceptors (Lipinski definition) is 5. The molecule has 0 amide bonds. The molecular weight excluding hydrogens is 361 g/mol. The molecule has 0 aliphatic carbocycles. The molecule has 1 saturated heterocycles. The van der Waals surface area contributed by atoms with Gasteiger partial charge in [-0.3, -0.25) is 4.79 Å². The van der Waals surface area contributed by atoms with Gasteiger partial charge in [0.25, 0.3) is 0 Å². The van der Waals surface area contributed by atoms with E-state index in [0.717, 1.165) is 0 Å². The third kappa shape index (κ3) is 4.68. The second kappa shape index (κ2) is 6.86. The first kappa shape index (κ1) is 15.1. The highest BCUT2D eigenvalue weighted by molar-refractivity contribution is 14.1. The lowest BCUT2D eigenvalue weighted by molar-refractivity contribution is -0.139. The SMILES string of the molecule is COC(=O)C(I)CNS(=O)(=O)C1CCOCC1. The van der Waals surface area contributed by atoms with Gasteiger partial charge < -0.3 is 9.47 Å². The molecule has 100 valence electrons. The van der Waals surface area contributed by atoms with E-state index in [9.17, 15) is 13.2 Å². The summed E-state index contributed by atoms with van der Waals surface area (Å²) in [5.74, 6) is -0.430. The largest absolute Gasteiger partial charge is 0.468 e. The Labute approximate surface area is 115 Å². The van der Waals surface area contributed by atoms with Crippen molar-refractivity contribution < 1.29 is 22.7 Å². The Balaban J connectivity index is 2.46. The van der Waals surface area contributed by atoms with Crippen molar-refractivity contribution in [1.29, 1.82) is 0 Å². The summed E-state index contributed by atoms with van der Waals surface area (Å²) in [6.07, 6.45) is 0.999. The highest BCUT2D eigenvalue weighted by Gasteiger charge is 2.28. The van der Waals surface area contributed by atoms with Crippen LogP contribution in [0.25, 0.3) is 0 Å². The van der Waals surface area contributed by atoms with Gasteiger partial charge in [0.05, 0.1) is 12.4 Å². The Morgan fingerprint density at radius 2 is 2.12 bits per heavy atom. The minimum atomic E-state index is -3.36. The number of hydrogen-bond donors (Lipinski definition) is 1. The molecule has 0 saturated carbocycles. The van der Waals surface area contributed by atoms with E-state index in [1.165, 1.54) is 7.11 Å². The zero-order chi connectivity index (χ0) is 12.9. The molecule has 17 heavy (non-hydrogen) atoms. The number of esters is 1. The second-order valence-electron chi connectivity index (χ2n) is 3.70. The van der Waals surface area contributed by atoms with Crippen molar-refractivity contribution in [2.75, 3.05) is 26.9 Å². The monoisotopic (exact) mass is 377 g/mol. The smallest absolute Gasteiger partial charge is 0.319 e. The fraction of sp³-hybridized carbons (Fsp3) is 0.889. The van der Waals surface area contributed by atoms with Crippen molar-refractivity contribution in [2.24, 2.45) is 0 Å². The van der Waals surface area contributed by atoms with Gasteiger partial charge in [0.2, 0.25) is 10.0 Å². The van der Waals surface area contributed by atoms with Crippen molar-refractivity contribution in [2.45, 2.75) is 22.0 Å². The van der Waals surface area contributed by atoms with Gasteiger partial charge in [0, 0.05) is 19.8 Å². The molecule has 0 aromatic rings. The molecule has 1 N–H and O–H groups in total. The highest BCUT2D eigenvalue weighted by atomic mass is 127. The number of sulfonamides is 1. The van der Waals surface area contributed by atoms with E-state index in [0.29, 0.717) is 26.1 Å². The molecule has 0 aromatic heterocycles. The normalized spacial score (nSPS) is 19.9. The van der Waals surface area contributed by atoms with Crippen molar-refractivity contribution in [3.05, 3.63) is 0 Å². The molecule has 1 aliphatic heterocycles. The van der Waals surface area contributed by atoms with Crippen LogP contribution in [0.1, 0.15) is 12.8 Å². The Morgan fingerprint density at radius 1 is 1.53 bits per heavy atom. The van der Waals surface area contributed by atoms with Gasteiger partial charge in [-0.25, -0.2) is 13.1 Å². The topological polar surface area (TPSA) is 81.7 Å². The number of methoxy groups -OCH3 is 1. The van der Waals surface area contributed by atoms with Crippen LogP contribution >= 0.6 is 22.6 Å². The fourth-order valence-electron chi connectivity index (χ4n) is 1.50. The molecule has 0 spiro atoms. The molecule has 1 rings (SSSR count). The summed E-state index contributed by atoms with van der Waals surface area (Å²) in [7, 11) is -2.08. The Kier molecular flexibility index (Phi) is 6.10.